The Kier molecular flexibility index (Phi) is 8.20. The molecule has 168 valence electrons. The summed E-state index contributed by atoms with van der Waals surface area (Å²) in [5.74, 6) is -0.474. The number of benzene rings is 3. The molecule has 0 heterocycles. The summed E-state index contributed by atoms with van der Waals surface area (Å²) in [5, 5.41) is 3.68. The molecule has 0 saturated heterocycles. The molecule has 32 heavy (non-hydrogen) atoms. The molecule has 2 N–H and O–H groups in total. The number of nitrogens with one attached hydrogen (secondary N) is 2. The summed E-state index contributed by atoms with van der Waals surface area (Å²) < 4.78 is 28.6. The first-order valence-electron chi connectivity index (χ1n) is 9.73. The van der Waals surface area contributed by atoms with Crippen molar-refractivity contribution in [3.8, 4) is 0 Å². The van der Waals surface area contributed by atoms with Crippen molar-refractivity contribution in [3.05, 3.63) is 99.0 Å². The molecular formula is C23H21Cl3N2O3S. The number of hydrogen-bond acceptors (Lipinski definition) is 3. The zero-order valence-corrected chi connectivity index (χ0v) is 20.1. The van der Waals surface area contributed by atoms with Crippen LogP contribution in [-0.2, 0) is 21.2 Å². The molecule has 0 spiro atoms. The van der Waals surface area contributed by atoms with Crippen molar-refractivity contribution in [2.45, 2.75) is 30.3 Å². The standard InChI is InChI=1S/C23H21Cl3N2O3S/c1-15(17-7-9-18(24)10-8-17)27-23(29)21(13-16-5-3-2-4-6-16)28-32(30,31)22-14-19(25)11-12-20(22)26/h2-12,14-15,21,28H,13H2,1H3,(H,27,29)/t15-,21+/m1/s1. The van der Waals surface area contributed by atoms with Gasteiger partial charge in [0, 0.05) is 10.0 Å². The topological polar surface area (TPSA) is 75.3 Å². The summed E-state index contributed by atoms with van der Waals surface area (Å²) >= 11 is 18.0. The molecule has 0 aliphatic rings. The van der Waals surface area contributed by atoms with Gasteiger partial charge in [-0.15, -0.1) is 0 Å². The van der Waals surface area contributed by atoms with Gasteiger partial charge in [0.05, 0.1) is 11.1 Å². The Morgan fingerprint density at radius 1 is 0.906 bits per heavy atom. The first-order chi connectivity index (χ1) is 15.2. The predicted molar refractivity (Wildman–Crippen MR) is 129 cm³/mol. The normalized spacial score (nSPS) is 13.4. The van der Waals surface area contributed by atoms with Crippen LogP contribution in [0.5, 0.6) is 0 Å². The lowest BCUT2D eigenvalue weighted by Gasteiger charge is -2.22. The lowest BCUT2D eigenvalue weighted by Crippen LogP contribution is -2.48. The number of carbonyl (C=O) groups excluding carboxylic acids is 1. The molecule has 0 saturated carbocycles. The van der Waals surface area contributed by atoms with E-state index in [4.69, 9.17) is 34.8 Å². The van der Waals surface area contributed by atoms with Crippen molar-refractivity contribution in [1.29, 1.82) is 0 Å². The predicted octanol–water partition coefficient (Wildman–Crippen LogP) is 5.41. The van der Waals surface area contributed by atoms with Gasteiger partial charge in [-0.3, -0.25) is 4.79 Å². The van der Waals surface area contributed by atoms with Gasteiger partial charge < -0.3 is 5.32 Å². The summed E-state index contributed by atoms with van der Waals surface area (Å²) in [6.45, 7) is 1.81. The minimum Gasteiger partial charge on any atom is -0.348 e. The van der Waals surface area contributed by atoms with E-state index in [0.29, 0.717) is 5.02 Å². The van der Waals surface area contributed by atoms with Gasteiger partial charge in [-0.1, -0.05) is 77.3 Å². The lowest BCUT2D eigenvalue weighted by molar-refractivity contribution is -0.123. The Bertz CT molecular complexity index is 1190. The van der Waals surface area contributed by atoms with Crippen LogP contribution in [-0.4, -0.2) is 20.4 Å². The monoisotopic (exact) mass is 510 g/mol. The minimum absolute atomic E-state index is 0.00954. The quantitative estimate of drug-likeness (QED) is 0.424. The summed E-state index contributed by atoms with van der Waals surface area (Å²) in [4.78, 5) is 12.9. The van der Waals surface area contributed by atoms with Crippen molar-refractivity contribution >= 4 is 50.7 Å². The van der Waals surface area contributed by atoms with Gasteiger partial charge in [-0.25, -0.2) is 8.42 Å². The highest BCUT2D eigenvalue weighted by atomic mass is 35.5. The Morgan fingerprint density at radius 2 is 1.53 bits per heavy atom. The van der Waals surface area contributed by atoms with E-state index in [1.54, 1.807) is 24.3 Å². The van der Waals surface area contributed by atoms with Crippen LogP contribution >= 0.6 is 34.8 Å². The average molecular weight is 512 g/mol. The lowest BCUT2D eigenvalue weighted by atomic mass is 10.0. The average Bonchev–Trinajstić information content (AvgIpc) is 2.76. The zero-order valence-electron chi connectivity index (χ0n) is 17.1. The van der Waals surface area contributed by atoms with Crippen molar-refractivity contribution in [1.82, 2.24) is 10.0 Å². The third-order valence-electron chi connectivity index (χ3n) is 4.81. The largest absolute Gasteiger partial charge is 0.348 e. The number of rotatable bonds is 8. The summed E-state index contributed by atoms with van der Waals surface area (Å²) in [7, 11) is -4.13. The Morgan fingerprint density at radius 3 is 2.19 bits per heavy atom. The summed E-state index contributed by atoms with van der Waals surface area (Å²) in [6.07, 6.45) is 0.150. The highest BCUT2D eigenvalue weighted by molar-refractivity contribution is 7.89. The summed E-state index contributed by atoms with van der Waals surface area (Å²) in [6, 6.07) is 18.9. The van der Waals surface area contributed by atoms with Crippen LogP contribution < -0.4 is 10.0 Å². The third kappa shape index (κ3) is 6.47. The highest BCUT2D eigenvalue weighted by Crippen LogP contribution is 2.25. The van der Waals surface area contributed by atoms with Crippen LogP contribution in [0, 0.1) is 0 Å². The third-order valence-corrected chi connectivity index (χ3v) is 7.25. The van der Waals surface area contributed by atoms with E-state index in [2.05, 4.69) is 10.0 Å². The SMILES string of the molecule is C[C@@H](NC(=O)[C@H](Cc1ccccc1)NS(=O)(=O)c1cc(Cl)ccc1Cl)c1ccc(Cl)cc1. The fourth-order valence-corrected chi connectivity index (χ4v) is 5.20. The number of amides is 1. The molecule has 0 aliphatic carbocycles. The molecule has 0 bridgehead atoms. The first-order valence-corrected chi connectivity index (χ1v) is 12.3. The molecule has 0 fully saturated rings. The van der Waals surface area contributed by atoms with E-state index in [9.17, 15) is 13.2 Å². The molecule has 0 unspecified atom stereocenters. The van der Waals surface area contributed by atoms with Gasteiger partial charge in [0.2, 0.25) is 15.9 Å². The van der Waals surface area contributed by atoms with Crippen LogP contribution in [0.1, 0.15) is 24.1 Å². The van der Waals surface area contributed by atoms with Gasteiger partial charge >= 0.3 is 0 Å². The maximum absolute atomic E-state index is 13.1. The first kappa shape index (κ1) is 24.6. The van der Waals surface area contributed by atoms with E-state index in [-0.39, 0.29) is 27.4 Å². The smallest absolute Gasteiger partial charge is 0.242 e. The van der Waals surface area contributed by atoms with Crippen molar-refractivity contribution in [2.75, 3.05) is 0 Å². The maximum Gasteiger partial charge on any atom is 0.242 e. The van der Waals surface area contributed by atoms with E-state index in [0.717, 1.165) is 11.1 Å². The second-order valence-electron chi connectivity index (χ2n) is 7.22. The van der Waals surface area contributed by atoms with E-state index in [1.807, 2.05) is 37.3 Å². The van der Waals surface area contributed by atoms with Crippen LogP contribution in [0.2, 0.25) is 15.1 Å². The fourth-order valence-electron chi connectivity index (χ4n) is 3.12. The highest BCUT2D eigenvalue weighted by Gasteiger charge is 2.28. The molecule has 3 rings (SSSR count). The number of halogens is 3. The van der Waals surface area contributed by atoms with Crippen molar-refractivity contribution in [2.24, 2.45) is 0 Å². The Labute approximate surface area is 202 Å². The minimum atomic E-state index is -4.13. The van der Waals surface area contributed by atoms with Crippen LogP contribution in [0.15, 0.2) is 77.7 Å². The molecular weight excluding hydrogens is 491 g/mol. The molecule has 1 amide bonds. The van der Waals surface area contributed by atoms with E-state index < -0.39 is 22.0 Å². The van der Waals surface area contributed by atoms with Crippen molar-refractivity contribution in [3.63, 3.8) is 0 Å². The molecule has 5 nitrogen and oxygen atoms in total. The molecule has 9 heteroatoms. The maximum atomic E-state index is 13.1. The second-order valence-corrected chi connectivity index (χ2v) is 10.2. The van der Waals surface area contributed by atoms with Gasteiger partial charge in [0.25, 0.3) is 0 Å². The van der Waals surface area contributed by atoms with Crippen LogP contribution in [0.4, 0.5) is 0 Å². The second kappa shape index (κ2) is 10.7. The Balaban J connectivity index is 1.86. The number of sulfonamides is 1. The molecule has 2 atom stereocenters. The van der Waals surface area contributed by atoms with Gasteiger partial charge in [0.15, 0.2) is 0 Å². The fraction of sp³-hybridized carbons (Fsp3) is 0.174. The van der Waals surface area contributed by atoms with Gasteiger partial charge in [0.1, 0.15) is 10.9 Å². The van der Waals surface area contributed by atoms with Crippen molar-refractivity contribution < 1.29 is 13.2 Å². The van der Waals surface area contributed by atoms with E-state index in [1.165, 1.54) is 18.2 Å². The van der Waals surface area contributed by atoms with Crippen LogP contribution in [0.25, 0.3) is 0 Å². The number of hydrogen-bond donors (Lipinski definition) is 2. The molecule has 3 aromatic carbocycles. The van der Waals surface area contributed by atoms with E-state index >= 15 is 0 Å². The van der Waals surface area contributed by atoms with Gasteiger partial charge in [-0.05, 0) is 54.8 Å². The Hall–Kier alpha value is -2.09. The molecule has 3 aromatic rings. The molecule has 0 aromatic heterocycles. The molecule has 0 aliphatic heterocycles. The van der Waals surface area contributed by atoms with Gasteiger partial charge in [-0.2, -0.15) is 4.72 Å². The zero-order chi connectivity index (χ0) is 23.3. The molecule has 0 radical (unpaired) electrons. The summed E-state index contributed by atoms with van der Waals surface area (Å²) in [5.41, 5.74) is 1.63. The van der Waals surface area contributed by atoms with Crippen LogP contribution in [0.3, 0.4) is 0 Å². The number of carbonyl (C=O) groups is 1.